The van der Waals surface area contributed by atoms with Crippen LogP contribution in [0.4, 0.5) is 0 Å². The third-order valence-corrected chi connectivity index (χ3v) is 2.81. The van der Waals surface area contributed by atoms with Crippen LogP contribution in [0.2, 0.25) is 0 Å². The molecule has 100 valence electrons. The summed E-state index contributed by atoms with van der Waals surface area (Å²) in [5.74, 6) is 0.958. The van der Waals surface area contributed by atoms with Crippen molar-refractivity contribution in [2.24, 2.45) is 4.99 Å². The number of hydrogen-bond donors (Lipinski definition) is 1. The lowest BCUT2D eigenvalue weighted by Gasteiger charge is -2.21. The van der Waals surface area contributed by atoms with Gasteiger partial charge in [-0.05, 0) is 18.6 Å². The molecule has 18 heavy (non-hydrogen) atoms. The second-order valence-electron chi connectivity index (χ2n) is 4.32. The van der Waals surface area contributed by atoms with Crippen LogP contribution in [0.3, 0.4) is 0 Å². The molecule has 0 amide bonds. The molecule has 0 unspecified atom stereocenters. The highest BCUT2D eigenvalue weighted by molar-refractivity contribution is 5.79. The molecule has 0 aromatic carbocycles. The van der Waals surface area contributed by atoms with Gasteiger partial charge in [-0.25, -0.2) is 0 Å². The highest BCUT2D eigenvalue weighted by atomic mass is 15.3. The second-order valence-corrected chi connectivity index (χ2v) is 4.32. The van der Waals surface area contributed by atoms with Crippen molar-refractivity contribution in [2.75, 3.05) is 27.2 Å². The van der Waals surface area contributed by atoms with Crippen LogP contribution in [-0.4, -0.2) is 43.0 Å². The zero-order valence-corrected chi connectivity index (χ0v) is 11.7. The second kappa shape index (κ2) is 8.50. The normalized spacial score (nSPS) is 11.4. The van der Waals surface area contributed by atoms with Crippen molar-refractivity contribution in [3.8, 4) is 0 Å². The minimum atomic E-state index is 0.861. The number of unbranched alkanes of at least 4 members (excludes halogenated alkanes) is 1. The van der Waals surface area contributed by atoms with Gasteiger partial charge in [-0.2, -0.15) is 0 Å². The number of rotatable bonds is 6. The van der Waals surface area contributed by atoms with Crippen molar-refractivity contribution in [2.45, 2.75) is 26.2 Å². The summed E-state index contributed by atoms with van der Waals surface area (Å²) >= 11 is 0. The average molecular weight is 248 g/mol. The smallest absolute Gasteiger partial charge is 0.193 e. The maximum atomic E-state index is 4.30. The summed E-state index contributed by atoms with van der Waals surface area (Å²) in [6, 6.07) is 6.00. The number of guanidine groups is 1. The first-order chi connectivity index (χ1) is 8.77. The third kappa shape index (κ3) is 5.17. The van der Waals surface area contributed by atoms with Gasteiger partial charge in [0.25, 0.3) is 0 Å². The van der Waals surface area contributed by atoms with E-state index in [2.05, 4.69) is 34.2 Å². The van der Waals surface area contributed by atoms with Crippen LogP contribution in [0.15, 0.2) is 29.4 Å². The molecule has 0 saturated carbocycles. The number of nitrogens with one attached hydrogen (secondary N) is 1. The summed E-state index contributed by atoms with van der Waals surface area (Å²) in [6.07, 6.45) is 5.14. The van der Waals surface area contributed by atoms with E-state index in [1.165, 1.54) is 12.8 Å². The lowest BCUT2D eigenvalue weighted by atomic mass is 10.3. The van der Waals surface area contributed by atoms with E-state index in [1.807, 2.05) is 31.4 Å². The molecule has 1 heterocycles. The van der Waals surface area contributed by atoms with Crippen LogP contribution in [0.5, 0.6) is 0 Å². The SMILES string of the molecule is CCCCN(C)C(=NC)NCCc1ccccn1. The van der Waals surface area contributed by atoms with E-state index in [0.717, 1.165) is 31.2 Å². The summed E-state index contributed by atoms with van der Waals surface area (Å²) in [6.45, 7) is 4.10. The maximum Gasteiger partial charge on any atom is 0.193 e. The number of nitrogens with zero attached hydrogens (tertiary/aromatic N) is 3. The highest BCUT2D eigenvalue weighted by Gasteiger charge is 2.04. The standard InChI is InChI=1S/C14H24N4/c1-4-5-12-18(3)14(15-2)17-11-9-13-8-6-7-10-16-13/h6-8,10H,4-5,9,11-12H2,1-3H3,(H,15,17). The van der Waals surface area contributed by atoms with Gasteiger partial charge < -0.3 is 10.2 Å². The molecule has 0 aliphatic rings. The van der Waals surface area contributed by atoms with Gasteiger partial charge in [0.1, 0.15) is 0 Å². The summed E-state index contributed by atoms with van der Waals surface area (Å²) in [5.41, 5.74) is 1.11. The van der Waals surface area contributed by atoms with Gasteiger partial charge in [-0.15, -0.1) is 0 Å². The van der Waals surface area contributed by atoms with Crippen LogP contribution >= 0.6 is 0 Å². The van der Waals surface area contributed by atoms with Crippen LogP contribution in [0.25, 0.3) is 0 Å². The van der Waals surface area contributed by atoms with E-state index >= 15 is 0 Å². The Labute approximate surface area is 110 Å². The quantitative estimate of drug-likeness (QED) is 0.618. The van der Waals surface area contributed by atoms with Crippen molar-refractivity contribution >= 4 is 5.96 Å². The van der Waals surface area contributed by atoms with E-state index in [4.69, 9.17) is 0 Å². The van der Waals surface area contributed by atoms with Gasteiger partial charge in [-0.1, -0.05) is 19.4 Å². The van der Waals surface area contributed by atoms with E-state index in [-0.39, 0.29) is 0 Å². The Hall–Kier alpha value is -1.58. The van der Waals surface area contributed by atoms with E-state index in [0.29, 0.717) is 0 Å². The first-order valence-corrected chi connectivity index (χ1v) is 6.59. The van der Waals surface area contributed by atoms with Crippen molar-refractivity contribution in [1.82, 2.24) is 15.2 Å². The van der Waals surface area contributed by atoms with Gasteiger partial charge in [-0.3, -0.25) is 9.98 Å². The Morgan fingerprint density at radius 2 is 2.28 bits per heavy atom. The molecule has 1 rings (SSSR count). The van der Waals surface area contributed by atoms with Crippen LogP contribution in [0.1, 0.15) is 25.5 Å². The minimum Gasteiger partial charge on any atom is -0.356 e. The lowest BCUT2D eigenvalue weighted by Crippen LogP contribution is -2.40. The predicted octanol–water partition coefficient (Wildman–Crippen LogP) is 1.93. The fourth-order valence-corrected chi connectivity index (χ4v) is 1.73. The number of aliphatic imine (C=N–C) groups is 1. The lowest BCUT2D eigenvalue weighted by molar-refractivity contribution is 0.465. The van der Waals surface area contributed by atoms with E-state index in [9.17, 15) is 0 Å². The van der Waals surface area contributed by atoms with Gasteiger partial charge in [0.05, 0.1) is 0 Å². The third-order valence-electron chi connectivity index (χ3n) is 2.81. The first kappa shape index (κ1) is 14.5. The van der Waals surface area contributed by atoms with Gasteiger partial charge in [0.15, 0.2) is 5.96 Å². The van der Waals surface area contributed by atoms with Crippen LogP contribution in [0, 0.1) is 0 Å². The zero-order valence-electron chi connectivity index (χ0n) is 11.7. The van der Waals surface area contributed by atoms with Crippen molar-refractivity contribution in [3.63, 3.8) is 0 Å². The molecule has 0 fully saturated rings. The molecule has 1 N–H and O–H groups in total. The average Bonchev–Trinajstić information content (AvgIpc) is 2.42. The van der Waals surface area contributed by atoms with E-state index in [1.54, 1.807) is 0 Å². The molecule has 0 spiro atoms. The Morgan fingerprint density at radius 1 is 1.44 bits per heavy atom. The topological polar surface area (TPSA) is 40.5 Å². The fourth-order valence-electron chi connectivity index (χ4n) is 1.73. The zero-order chi connectivity index (χ0) is 13.2. The first-order valence-electron chi connectivity index (χ1n) is 6.59. The number of pyridine rings is 1. The molecular formula is C14H24N4. The number of aromatic nitrogens is 1. The molecule has 1 aromatic rings. The molecule has 4 nitrogen and oxygen atoms in total. The predicted molar refractivity (Wildman–Crippen MR) is 76.8 cm³/mol. The van der Waals surface area contributed by atoms with Crippen molar-refractivity contribution < 1.29 is 0 Å². The van der Waals surface area contributed by atoms with Crippen molar-refractivity contribution in [3.05, 3.63) is 30.1 Å². The molecule has 0 aliphatic heterocycles. The highest BCUT2D eigenvalue weighted by Crippen LogP contribution is 1.95. The van der Waals surface area contributed by atoms with Crippen LogP contribution in [-0.2, 0) is 6.42 Å². The van der Waals surface area contributed by atoms with Crippen LogP contribution < -0.4 is 5.32 Å². The van der Waals surface area contributed by atoms with Crippen molar-refractivity contribution in [1.29, 1.82) is 0 Å². The van der Waals surface area contributed by atoms with Gasteiger partial charge in [0.2, 0.25) is 0 Å². The maximum absolute atomic E-state index is 4.30. The Morgan fingerprint density at radius 3 is 2.89 bits per heavy atom. The summed E-state index contributed by atoms with van der Waals surface area (Å²) in [5, 5.41) is 3.36. The molecule has 0 bridgehead atoms. The monoisotopic (exact) mass is 248 g/mol. The van der Waals surface area contributed by atoms with Gasteiger partial charge >= 0.3 is 0 Å². The Balaban J connectivity index is 2.32. The Bertz CT molecular complexity index is 348. The number of hydrogen-bond acceptors (Lipinski definition) is 2. The molecule has 4 heteroatoms. The molecule has 0 atom stereocenters. The molecule has 1 aromatic heterocycles. The minimum absolute atomic E-state index is 0.861. The van der Waals surface area contributed by atoms with E-state index < -0.39 is 0 Å². The fraction of sp³-hybridized carbons (Fsp3) is 0.571. The molecule has 0 aliphatic carbocycles. The molecule has 0 radical (unpaired) electrons. The summed E-state index contributed by atoms with van der Waals surface area (Å²) in [4.78, 5) is 10.8. The summed E-state index contributed by atoms with van der Waals surface area (Å²) < 4.78 is 0. The Kier molecular flexibility index (Phi) is 6.84. The van der Waals surface area contributed by atoms with Gasteiger partial charge in [0, 0.05) is 45.5 Å². The molecular weight excluding hydrogens is 224 g/mol. The summed E-state index contributed by atoms with van der Waals surface area (Å²) in [7, 11) is 3.90. The molecule has 0 saturated heterocycles. The largest absolute Gasteiger partial charge is 0.356 e.